The van der Waals surface area contributed by atoms with Crippen molar-refractivity contribution in [2.45, 2.75) is 19.4 Å². The van der Waals surface area contributed by atoms with Gasteiger partial charge in [0.1, 0.15) is 23.2 Å². The van der Waals surface area contributed by atoms with E-state index in [0.717, 1.165) is 22.0 Å². The summed E-state index contributed by atoms with van der Waals surface area (Å²) in [6.45, 7) is 0.902. The van der Waals surface area contributed by atoms with Crippen LogP contribution in [0.25, 0.3) is 0 Å². The number of carbonyl (C=O) groups excluding carboxylic acids is 1. The van der Waals surface area contributed by atoms with Crippen molar-refractivity contribution >= 4 is 17.2 Å². The summed E-state index contributed by atoms with van der Waals surface area (Å²) in [4.78, 5) is 16.4. The van der Waals surface area contributed by atoms with Crippen LogP contribution in [0.5, 0.6) is 5.75 Å². The van der Waals surface area contributed by atoms with E-state index in [0.29, 0.717) is 19.6 Å². The lowest BCUT2D eigenvalue weighted by molar-refractivity contribution is -0.120. The van der Waals surface area contributed by atoms with Crippen molar-refractivity contribution in [1.82, 2.24) is 10.3 Å². The van der Waals surface area contributed by atoms with Crippen LogP contribution in [0, 0.1) is 5.82 Å². The summed E-state index contributed by atoms with van der Waals surface area (Å²) in [6, 6.07) is 15.8. The Morgan fingerprint density at radius 2 is 1.88 bits per heavy atom. The summed E-state index contributed by atoms with van der Waals surface area (Å²) in [5.41, 5.74) is 1.72. The lowest BCUT2D eigenvalue weighted by Gasteiger charge is -2.04. The number of nitrogens with zero attached hydrogens (tertiary/aromatic N) is 1. The van der Waals surface area contributed by atoms with Crippen molar-refractivity contribution < 1.29 is 13.9 Å². The third kappa shape index (κ3) is 5.67. The summed E-state index contributed by atoms with van der Waals surface area (Å²) in [6.07, 6.45) is 0.907. The van der Waals surface area contributed by atoms with Gasteiger partial charge >= 0.3 is 0 Å². The molecule has 0 aliphatic heterocycles. The van der Waals surface area contributed by atoms with E-state index in [9.17, 15) is 9.18 Å². The van der Waals surface area contributed by atoms with Gasteiger partial charge in [-0.3, -0.25) is 4.79 Å². The van der Waals surface area contributed by atoms with Crippen LogP contribution in [-0.2, 0) is 24.2 Å². The number of amides is 1. The molecule has 3 rings (SSSR count). The molecule has 0 radical (unpaired) electrons. The molecule has 0 unspecified atom stereocenters. The second kappa shape index (κ2) is 9.10. The van der Waals surface area contributed by atoms with Crippen LogP contribution in [0.2, 0.25) is 0 Å². The molecule has 1 heterocycles. The number of para-hydroxylation sites is 1. The highest BCUT2D eigenvalue weighted by Crippen LogP contribution is 2.15. The fraction of sp³-hybridized carbons (Fsp3) is 0.200. The van der Waals surface area contributed by atoms with E-state index in [2.05, 4.69) is 10.3 Å². The zero-order valence-electron chi connectivity index (χ0n) is 14.2. The summed E-state index contributed by atoms with van der Waals surface area (Å²) >= 11 is 1.48. The smallest absolute Gasteiger partial charge is 0.226 e. The predicted octanol–water partition coefficient (Wildman–Crippen LogP) is 3.76. The zero-order chi connectivity index (χ0) is 18.2. The maximum absolute atomic E-state index is 12.8. The minimum atomic E-state index is -0.256. The molecule has 0 saturated heterocycles. The second-order valence-electron chi connectivity index (χ2n) is 5.74. The van der Waals surface area contributed by atoms with Crippen LogP contribution >= 0.6 is 11.3 Å². The average Bonchev–Trinajstić information content (AvgIpc) is 3.10. The fourth-order valence-electron chi connectivity index (χ4n) is 2.38. The topological polar surface area (TPSA) is 51.2 Å². The van der Waals surface area contributed by atoms with Crippen LogP contribution < -0.4 is 10.1 Å². The summed E-state index contributed by atoms with van der Waals surface area (Å²) < 4.78 is 18.5. The van der Waals surface area contributed by atoms with E-state index in [4.69, 9.17) is 4.74 Å². The quantitative estimate of drug-likeness (QED) is 0.657. The van der Waals surface area contributed by atoms with Gasteiger partial charge in [-0.15, -0.1) is 11.3 Å². The Bertz CT molecular complexity index is 835. The molecular weight excluding hydrogens is 351 g/mol. The molecule has 0 aliphatic rings. The van der Waals surface area contributed by atoms with Gasteiger partial charge in [-0.1, -0.05) is 30.3 Å². The highest BCUT2D eigenvalue weighted by molar-refractivity contribution is 7.09. The molecule has 134 valence electrons. The van der Waals surface area contributed by atoms with E-state index in [1.54, 1.807) is 12.1 Å². The number of aromatic nitrogens is 1. The van der Waals surface area contributed by atoms with E-state index in [1.165, 1.54) is 23.5 Å². The molecule has 0 fully saturated rings. The van der Waals surface area contributed by atoms with Gasteiger partial charge in [-0.25, -0.2) is 9.37 Å². The van der Waals surface area contributed by atoms with Crippen LogP contribution in [-0.4, -0.2) is 17.4 Å². The first-order valence-electron chi connectivity index (χ1n) is 8.31. The monoisotopic (exact) mass is 370 g/mol. The van der Waals surface area contributed by atoms with E-state index in [1.807, 2.05) is 35.7 Å². The van der Waals surface area contributed by atoms with Crippen molar-refractivity contribution in [3.8, 4) is 5.75 Å². The first-order chi connectivity index (χ1) is 12.7. The Morgan fingerprint density at radius 3 is 2.65 bits per heavy atom. The molecule has 2 aromatic carbocycles. The Labute approximate surface area is 155 Å². The summed E-state index contributed by atoms with van der Waals surface area (Å²) in [5, 5.41) is 5.58. The minimum Gasteiger partial charge on any atom is -0.486 e. The zero-order valence-corrected chi connectivity index (χ0v) is 15.0. The molecule has 1 amide bonds. The lowest BCUT2D eigenvalue weighted by atomic mass is 10.1. The van der Waals surface area contributed by atoms with Gasteiger partial charge in [0, 0.05) is 11.9 Å². The number of halogens is 1. The molecule has 6 heteroatoms. The molecular formula is C20H19FN2O2S. The molecule has 1 aromatic heterocycles. The molecule has 4 nitrogen and oxygen atoms in total. The average molecular weight is 370 g/mol. The van der Waals surface area contributed by atoms with Crippen molar-refractivity contribution in [3.63, 3.8) is 0 Å². The Kier molecular flexibility index (Phi) is 6.33. The molecule has 3 aromatic rings. The standard InChI is InChI=1S/C20H19FN2O2S/c21-16-8-6-15(7-9-16)10-11-22-19(24)12-17-14-26-20(23-17)13-25-18-4-2-1-3-5-18/h1-9,14H,10-13H2,(H,22,24). The number of rotatable bonds is 8. The second-order valence-corrected chi connectivity index (χ2v) is 6.68. The van der Waals surface area contributed by atoms with Gasteiger partial charge in [0.25, 0.3) is 0 Å². The Morgan fingerprint density at radius 1 is 1.12 bits per heavy atom. The SMILES string of the molecule is O=C(Cc1csc(COc2ccccc2)n1)NCCc1ccc(F)cc1. The maximum Gasteiger partial charge on any atom is 0.226 e. The highest BCUT2D eigenvalue weighted by atomic mass is 32.1. The van der Waals surface area contributed by atoms with Crippen LogP contribution in [0.15, 0.2) is 60.0 Å². The van der Waals surface area contributed by atoms with Crippen LogP contribution in [0.3, 0.4) is 0 Å². The number of benzene rings is 2. The Balaban J connectivity index is 1.40. The molecule has 0 bridgehead atoms. The maximum atomic E-state index is 12.8. The normalized spacial score (nSPS) is 10.5. The van der Waals surface area contributed by atoms with Crippen molar-refractivity contribution in [3.05, 3.63) is 82.1 Å². The highest BCUT2D eigenvalue weighted by Gasteiger charge is 2.08. The number of ether oxygens (including phenoxy) is 1. The first-order valence-corrected chi connectivity index (χ1v) is 9.19. The van der Waals surface area contributed by atoms with E-state index >= 15 is 0 Å². The predicted molar refractivity (Wildman–Crippen MR) is 99.7 cm³/mol. The number of carbonyl (C=O) groups is 1. The van der Waals surface area contributed by atoms with Crippen molar-refractivity contribution in [1.29, 1.82) is 0 Å². The van der Waals surface area contributed by atoms with E-state index < -0.39 is 0 Å². The summed E-state index contributed by atoms with van der Waals surface area (Å²) in [5.74, 6) is 0.462. The van der Waals surface area contributed by atoms with Gasteiger partial charge in [0.05, 0.1) is 12.1 Å². The molecule has 0 spiro atoms. The van der Waals surface area contributed by atoms with Gasteiger partial charge in [0.2, 0.25) is 5.91 Å². The number of thiazole rings is 1. The minimum absolute atomic E-state index is 0.0760. The molecule has 26 heavy (non-hydrogen) atoms. The molecule has 0 saturated carbocycles. The van der Waals surface area contributed by atoms with Gasteiger partial charge in [-0.05, 0) is 36.2 Å². The third-order valence-corrected chi connectivity index (χ3v) is 4.57. The van der Waals surface area contributed by atoms with Gasteiger partial charge in [-0.2, -0.15) is 0 Å². The molecule has 1 N–H and O–H groups in total. The fourth-order valence-corrected chi connectivity index (χ4v) is 3.09. The number of nitrogens with one attached hydrogen (secondary N) is 1. The lowest BCUT2D eigenvalue weighted by Crippen LogP contribution is -2.27. The first kappa shape index (κ1) is 18.1. The number of hydrogen-bond acceptors (Lipinski definition) is 4. The van der Waals surface area contributed by atoms with Gasteiger partial charge < -0.3 is 10.1 Å². The van der Waals surface area contributed by atoms with Crippen LogP contribution in [0.4, 0.5) is 4.39 Å². The molecule has 0 aliphatic carbocycles. The summed E-state index contributed by atoms with van der Waals surface area (Å²) in [7, 11) is 0. The Hall–Kier alpha value is -2.73. The van der Waals surface area contributed by atoms with Crippen LogP contribution in [0.1, 0.15) is 16.3 Å². The third-order valence-electron chi connectivity index (χ3n) is 3.70. The van der Waals surface area contributed by atoms with Gasteiger partial charge in [0.15, 0.2) is 0 Å². The largest absolute Gasteiger partial charge is 0.486 e. The number of hydrogen-bond donors (Lipinski definition) is 1. The van der Waals surface area contributed by atoms with E-state index in [-0.39, 0.29) is 18.1 Å². The van der Waals surface area contributed by atoms with Crippen molar-refractivity contribution in [2.24, 2.45) is 0 Å². The molecule has 0 atom stereocenters. The van der Waals surface area contributed by atoms with Crippen molar-refractivity contribution in [2.75, 3.05) is 6.54 Å².